The first-order chi connectivity index (χ1) is 14.0. The van der Waals surface area contributed by atoms with Crippen molar-refractivity contribution in [2.24, 2.45) is 7.05 Å². The number of aryl methyl sites for hydroxylation is 1. The molecule has 29 heavy (non-hydrogen) atoms. The van der Waals surface area contributed by atoms with Gasteiger partial charge in [-0.3, -0.25) is 9.69 Å². The zero-order valence-corrected chi connectivity index (χ0v) is 18.4. The fourth-order valence-corrected chi connectivity index (χ4v) is 5.01. The predicted molar refractivity (Wildman–Crippen MR) is 129 cm³/mol. The molecule has 2 heterocycles. The van der Waals surface area contributed by atoms with E-state index in [1.807, 2.05) is 37.4 Å². The second-order valence-electron chi connectivity index (χ2n) is 6.92. The summed E-state index contributed by atoms with van der Waals surface area (Å²) >= 11 is 6.89. The van der Waals surface area contributed by atoms with Crippen LogP contribution in [-0.4, -0.2) is 27.9 Å². The minimum atomic E-state index is -0.0662. The van der Waals surface area contributed by atoms with Crippen molar-refractivity contribution < 1.29 is 4.79 Å². The van der Waals surface area contributed by atoms with Gasteiger partial charge in [-0.25, -0.2) is 0 Å². The number of fused-ring (bicyclic) bond motifs is 1. The van der Waals surface area contributed by atoms with Gasteiger partial charge in [0.15, 0.2) is 4.32 Å². The molecule has 6 heteroatoms. The van der Waals surface area contributed by atoms with Gasteiger partial charge < -0.3 is 9.47 Å². The summed E-state index contributed by atoms with van der Waals surface area (Å²) in [5.74, 6) is -0.0662. The fourth-order valence-electron chi connectivity index (χ4n) is 3.72. The van der Waals surface area contributed by atoms with Crippen molar-refractivity contribution in [3.05, 3.63) is 65.2 Å². The van der Waals surface area contributed by atoms with Crippen LogP contribution in [0.2, 0.25) is 0 Å². The van der Waals surface area contributed by atoms with Crippen molar-refractivity contribution in [3.8, 4) is 0 Å². The molecular formula is C23H23N3OS2. The second-order valence-corrected chi connectivity index (χ2v) is 8.59. The number of anilines is 2. The number of aromatic nitrogens is 1. The molecule has 1 aromatic heterocycles. The molecule has 1 aliphatic rings. The number of thiocarbonyl (C=S) groups is 1. The average molecular weight is 422 g/mol. The summed E-state index contributed by atoms with van der Waals surface area (Å²) in [6.07, 6.45) is 4.00. The first kappa shape index (κ1) is 19.7. The highest BCUT2D eigenvalue weighted by atomic mass is 32.2. The van der Waals surface area contributed by atoms with E-state index in [0.717, 1.165) is 40.9 Å². The Bertz CT molecular complexity index is 1110. The zero-order chi connectivity index (χ0) is 20.5. The number of rotatable bonds is 5. The highest BCUT2D eigenvalue weighted by Crippen LogP contribution is 2.37. The third-order valence-corrected chi connectivity index (χ3v) is 6.55. The maximum absolute atomic E-state index is 13.1. The molecule has 4 nitrogen and oxygen atoms in total. The van der Waals surface area contributed by atoms with Crippen molar-refractivity contribution in [1.29, 1.82) is 0 Å². The Labute approximate surface area is 180 Å². The van der Waals surface area contributed by atoms with Crippen molar-refractivity contribution >= 4 is 62.6 Å². The lowest BCUT2D eigenvalue weighted by Crippen LogP contribution is -2.27. The number of hydrogen-bond acceptors (Lipinski definition) is 4. The molecule has 3 aromatic rings. The summed E-state index contributed by atoms with van der Waals surface area (Å²) in [6.45, 7) is 6.17. The smallest absolute Gasteiger partial charge is 0.270 e. The molecule has 148 valence electrons. The summed E-state index contributed by atoms with van der Waals surface area (Å²) in [4.78, 5) is 17.7. The monoisotopic (exact) mass is 421 g/mol. The Morgan fingerprint density at radius 2 is 1.76 bits per heavy atom. The summed E-state index contributed by atoms with van der Waals surface area (Å²) in [5.41, 5.74) is 4.13. The lowest BCUT2D eigenvalue weighted by atomic mass is 10.1. The van der Waals surface area contributed by atoms with Gasteiger partial charge in [0.05, 0.1) is 10.6 Å². The van der Waals surface area contributed by atoms with Crippen LogP contribution in [0.1, 0.15) is 19.4 Å². The Hall–Kier alpha value is -2.57. The maximum Gasteiger partial charge on any atom is 0.270 e. The van der Waals surface area contributed by atoms with Crippen molar-refractivity contribution in [3.63, 3.8) is 0 Å². The highest BCUT2D eigenvalue weighted by Gasteiger charge is 2.33. The zero-order valence-electron chi connectivity index (χ0n) is 16.8. The van der Waals surface area contributed by atoms with E-state index in [9.17, 15) is 4.79 Å². The largest absolute Gasteiger partial charge is 0.372 e. The molecule has 2 aromatic carbocycles. The lowest BCUT2D eigenvalue weighted by Gasteiger charge is -2.22. The van der Waals surface area contributed by atoms with Gasteiger partial charge in [-0.05, 0) is 50.3 Å². The first-order valence-electron chi connectivity index (χ1n) is 9.70. The minimum Gasteiger partial charge on any atom is -0.372 e. The Kier molecular flexibility index (Phi) is 5.48. The molecule has 1 fully saturated rings. The van der Waals surface area contributed by atoms with Crippen molar-refractivity contribution in [2.45, 2.75) is 13.8 Å². The van der Waals surface area contributed by atoms with Crippen LogP contribution in [0, 0.1) is 0 Å². The number of para-hydroxylation sites is 1. The van der Waals surface area contributed by atoms with Gasteiger partial charge in [0.1, 0.15) is 0 Å². The van der Waals surface area contributed by atoms with Crippen LogP contribution in [0.15, 0.2) is 59.6 Å². The number of hydrogen-bond donors (Lipinski definition) is 0. The average Bonchev–Trinajstić information content (AvgIpc) is 3.20. The number of carbonyl (C=O) groups is 1. The van der Waals surface area contributed by atoms with Crippen LogP contribution >= 0.6 is 24.0 Å². The topological polar surface area (TPSA) is 28.5 Å². The molecule has 1 amide bonds. The van der Waals surface area contributed by atoms with E-state index in [2.05, 4.69) is 53.8 Å². The molecule has 4 rings (SSSR count). The quantitative estimate of drug-likeness (QED) is 0.406. The molecular weight excluding hydrogens is 398 g/mol. The summed E-state index contributed by atoms with van der Waals surface area (Å²) in [7, 11) is 2.02. The van der Waals surface area contributed by atoms with Crippen LogP contribution < -0.4 is 9.80 Å². The molecule has 0 N–H and O–H groups in total. The van der Waals surface area contributed by atoms with Crippen molar-refractivity contribution in [1.82, 2.24) is 4.57 Å². The molecule has 1 aliphatic heterocycles. The number of benzene rings is 2. The maximum atomic E-state index is 13.1. The van der Waals surface area contributed by atoms with Crippen LogP contribution in [-0.2, 0) is 11.8 Å². The molecule has 0 spiro atoms. The molecule has 0 saturated carbocycles. The van der Waals surface area contributed by atoms with E-state index < -0.39 is 0 Å². The van der Waals surface area contributed by atoms with Crippen LogP contribution in [0.5, 0.6) is 0 Å². The number of amides is 1. The first-order valence-corrected chi connectivity index (χ1v) is 10.9. The van der Waals surface area contributed by atoms with E-state index in [0.29, 0.717) is 9.23 Å². The standard InChI is InChI=1S/C23H23N3OS2/c1-4-25(5-2)17-10-12-18(13-11-17)26-22(27)21(29-23(26)28)14-16-15-24(3)20-9-7-6-8-19(16)20/h6-15H,4-5H2,1-3H3. The lowest BCUT2D eigenvalue weighted by molar-refractivity contribution is -0.113. The second kappa shape index (κ2) is 8.05. The van der Waals surface area contributed by atoms with E-state index in [1.54, 1.807) is 4.90 Å². The van der Waals surface area contributed by atoms with Crippen LogP contribution in [0.25, 0.3) is 17.0 Å². The van der Waals surface area contributed by atoms with E-state index in [-0.39, 0.29) is 5.91 Å². The molecule has 0 aliphatic carbocycles. The fraction of sp³-hybridized carbons (Fsp3) is 0.217. The summed E-state index contributed by atoms with van der Waals surface area (Å²) in [5, 5.41) is 1.13. The third-order valence-electron chi connectivity index (χ3n) is 5.24. The number of carbonyl (C=O) groups excluding carboxylic acids is 1. The minimum absolute atomic E-state index is 0.0662. The normalized spacial score (nSPS) is 15.7. The van der Waals surface area contributed by atoms with E-state index in [1.165, 1.54) is 11.8 Å². The molecule has 0 bridgehead atoms. The van der Waals surface area contributed by atoms with Gasteiger partial charge >= 0.3 is 0 Å². The van der Waals surface area contributed by atoms with Gasteiger partial charge in [0.25, 0.3) is 5.91 Å². The number of nitrogens with zero attached hydrogens (tertiary/aromatic N) is 3. The highest BCUT2D eigenvalue weighted by molar-refractivity contribution is 8.27. The van der Waals surface area contributed by atoms with E-state index in [4.69, 9.17) is 12.2 Å². The van der Waals surface area contributed by atoms with Gasteiger partial charge in [-0.15, -0.1) is 0 Å². The Morgan fingerprint density at radius 3 is 2.45 bits per heavy atom. The summed E-state index contributed by atoms with van der Waals surface area (Å²) in [6, 6.07) is 16.2. The third kappa shape index (κ3) is 3.58. The molecule has 1 saturated heterocycles. The van der Waals surface area contributed by atoms with E-state index >= 15 is 0 Å². The Morgan fingerprint density at radius 1 is 1.07 bits per heavy atom. The number of thioether (sulfide) groups is 1. The van der Waals surface area contributed by atoms with Gasteiger partial charge in [-0.1, -0.05) is 42.2 Å². The van der Waals surface area contributed by atoms with Crippen molar-refractivity contribution in [2.75, 3.05) is 22.9 Å². The van der Waals surface area contributed by atoms with Crippen LogP contribution in [0.3, 0.4) is 0 Å². The SMILES string of the molecule is CCN(CC)c1ccc(N2C(=O)C(=Cc3cn(C)c4ccccc34)SC2=S)cc1. The molecule has 0 radical (unpaired) electrons. The Balaban J connectivity index is 1.64. The van der Waals surface area contributed by atoms with Gasteiger partial charge in [0, 0.05) is 48.5 Å². The molecule has 0 unspecified atom stereocenters. The van der Waals surface area contributed by atoms with Crippen LogP contribution in [0.4, 0.5) is 11.4 Å². The summed E-state index contributed by atoms with van der Waals surface area (Å²) < 4.78 is 2.64. The van der Waals surface area contributed by atoms with Gasteiger partial charge in [-0.2, -0.15) is 0 Å². The predicted octanol–water partition coefficient (Wildman–Crippen LogP) is 5.43. The van der Waals surface area contributed by atoms with Gasteiger partial charge in [0.2, 0.25) is 0 Å². The molecule has 0 atom stereocenters.